The van der Waals surface area contributed by atoms with Gasteiger partial charge in [-0.1, -0.05) is 49.3 Å². The van der Waals surface area contributed by atoms with E-state index in [1.54, 1.807) is 0 Å². The lowest BCUT2D eigenvalue weighted by Crippen LogP contribution is -2.19. The highest BCUT2D eigenvalue weighted by atomic mass is 35.5. The molecule has 0 aromatic heterocycles. The summed E-state index contributed by atoms with van der Waals surface area (Å²) in [5, 5.41) is 5.85. The van der Waals surface area contributed by atoms with Crippen molar-refractivity contribution in [2.24, 2.45) is 10.9 Å². The van der Waals surface area contributed by atoms with Crippen molar-refractivity contribution in [1.29, 1.82) is 0 Å². The number of hydrogen-bond donors (Lipinski definition) is 1. The highest BCUT2D eigenvalue weighted by molar-refractivity contribution is 8.14. The number of amidine groups is 1. The summed E-state index contributed by atoms with van der Waals surface area (Å²) in [6.07, 6.45) is 0. The Balaban J connectivity index is 1.82. The third kappa shape index (κ3) is 3.65. The van der Waals surface area contributed by atoms with Crippen LogP contribution < -0.4 is 5.32 Å². The van der Waals surface area contributed by atoms with Gasteiger partial charge in [-0.15, -0.1) is 0 Å². The number of nitrogens with zero attached hydrogens (tertiary/aromatic N) is 1. The average molecular weight is 269 g/mol. The van der Waals surface area contributed by atoms with Gasteiger partial charge in [0.15, 0.2) is 5.17 Å². The first kappa shape index (κ1) is 12.8. The molecule has 1 aromatic carbocycles. The van der Waals surface area contributed by atoms with Gasteiger partial charge < -0.3 is 5.32 Å². The monoisotopic (exact) mass is 268 g/mol. The number of benzene rings is 1. The molecule has 1 aliphatic rings. The lowest BCUT2D eigenvalue weighted by molar-refractivity contribution is 0.621. The van der Waals surface area contributed by atoms with Crippen LogP contribution >= 0.6 is 23.4 Å². The highest BCUT2D eigenvalue weighted by Gasteiger charge is 2.21. The van der Waals surface area contributed by atoms with E-state index in [9.17, 15) is 0 Å². The molecule has 0 aliphatic carbocycles. The standard InChI is InChI=1S/C13H17ClN2S/c1-9(2)12-8-16-13(17-12)15-7-10-3-5-11(14)6-4-10/h3-6,9,12H,7-8H2,1-2H3,(H,15,16). The van der Waals surface area contributed by atoms with Crippen LogP contribution in [0.2, 0.25) is 5.02 Å². The van der Waals surface area contributed by atoms with Crippen LogP contribution in [0.1, 0.15) is 19.4 Å². The summed E-state index contributed by atoms with van der Waals surface area (Å²) in [6, 6.07) is 7.91. The zero-order valence-electron chi connectivity index (χ0n) is 10.1. The first-order valence-electron chi connectivity index (χ1n) is 5.84. The second-order valence-corrected chi connectivity index (χ2v) is 6.19. The summed E-state index contributed by atoms with van der Waals surface area (Å²) in [5.41, 5.74) is 1.23. The molecule has 1 N–H and O–H groups in total. The predicted octanol–water partition coefficient (Wildman–Crippen LogP) is 3.56. The van der Waals surface area contributed by atoms with E-state index in [0.29, 0.717) is 11.2 Å². The second-order valence-electron chi connectivity index (χ2n) is 4.53. The third-order valence-electron chi connectivity index (χ3n) is 2.78. The number of hydrogen-bond acceptors (Lipinski definition) is 3. The maximum Gasteiger partial charge on any atom is 0.157 e. The largest absolute Gasteiger partial charge is 0.361 e. The number of nitrogens with one attached hydrogen (secondary N) is 1. The van der Waals surface area contributed by atoms with E-state index in [0.717, 1.165) is 23.3 Å². The molecule has 4 heteroatoms. The minimum atomic E-state index is 0.628. The molecular formula is C13H17ClN2S. The zero-order valence-corrected chi connectivity index (χ0v) is 11.7. The van der Waals surface area contributed by atoms with Crippen molar-refractivity contribution in [1.82, 2.24) is 5.32 Å². The van der Waals surface area contributed by atoms with Crippen LogP contribution in [0.15, 0.2) is 29.3 Å². The molecule has 2 nitrogen and oxygen atoms in total. The molecule has 0 fully saturated rings. The molecule has 1 aliphatic heterocycles. The Morgan fingerprint density at radius 3 is 2.71 bits per heavy atom. The smallest absolute Gasteiger partial charge is 0.157 e. The van der Waals surface area contributed by atoms with Crippen LogP contribution in [0.4, 0.5) is 0 Å². The normalized spacial score (nSPS) is 19.5. The van der Waals surface area contributed by atoms with Crippen molar-refractivity contribution in [2.45, 2.75) is 25.6 Å². The fourth-order valence-corrected chi connectivity index (χ4v) is 2.75. The topological polar surface area (TPSA) is 24.4 Å². The molecular weight excluding hydrogens is 252 g/mol. The van der Waals surface area contributed by atoms with Gasteiger partial charge in [-0.05, 0) is 23.6 Å². The first-order chi connectivity index (χ1) is 8.15. The third-order valence-corrected chi connectivity index (χ3v) is 4.52. The number of rotatable bonds is 3. The Kier molecular flexibility index (Phi) is 4.35. The van der Waals surface area contributed by atoms with Crippen molar-refractivity contribution in [3.63, 3.8) is 0 Å². The molecule has 0 spiro atoms. The van der Waals surface area contributed by atoms with Gasteiger partial charge in [0.25, 0.3) is 0 Å². The Bertz CT molecular complexity index is 400. The highest BCUT2D eigenvalue weighted by Crippen LogP contribution is 2.26. The van der Waals surface area contributed by atoms with Crippen LogP contribution in [0.5, 0.6) is 0 Å². The summed E-state index contributed by atoms with van der Waals surface area (Å²) < 4.78 is 0. The molecule has 0 amide bonds. The van der Waals surface area contributed by atoms with Gasteiger partial charge in [-0.25, -0.2) is 0 Å². The van der Waals surface area contributed by atoms with Crippen molar-refractivity contribution in [3.8, 4) is 0 Å². The molecule has 0 saturated heterocycles. The zero-order chi connectivity index (χ0) is 12.3. The Labute approximate surface area is 112 Å². The summed E-state index contributed by atoms with van der Waals surface area (Å²) >= 11 is 7.70. The molecule has 0 saturated carbocycles. The Hall–Kier alpha value is -0.670. The average Bonchev–Trinajstić information content (AvgIpc) is 2.77. The predicted molar refractivity (Wildman–Crippen MR) is 76.8 cm³/mol. The Morgan fingerprint density at radius 1 is 1.41 bits per heavy atom. The minimum Gasteiger partial charge on any atom is -0.361 e. The van der Waals surface area contributed by atoms with E-state index in [2.05, 4.69) is 24.2 Å². The first-order valence-corrected chi connectivity index (χ1v) is 7.10. The van der Waals surface area contributed by atoms with Crippen molar-refractivity contribution >= 4 is 28.5 Å². The quantitative estimate of drug-likeness (QED) is 0.907. The summed E-state index contributed by atoms with van der Waals surface area (Å²) in [6.45, 7) is 6.24. The molecule has 0 radical (unpaired) electrons. The van der Waals surface area contributed by atoms with E-state index < -0.39 is 0 Å². The fourth-order valence-electron chi connectivity index (χ4n) is 1.62. The van der Waals surface area contributed by atoms with Crippen molar-refractivity contribution in [2.75, 3.05) is 6.54 Å². The minimum absolute atomic E-state index is 0.628. The summed E-state index contributed by atoms with van der Waals surface area (Å²) in [7, 11) is 0. The number of aliphatic imine (C=N–C) groups is 1. The molecule has 1 unspecified atom stereocenters. The molecule has 92 valence electrons. The van der Waals surface area contributed by atoms with E-state index in [-0.39, 0.29) is 0 Å². The van der Waals surface area contributed by atoms with Crippen LogP contribution in [0.3, 0.4) is 0 Å². The van der Waals surface area contributed by atoms with Crippen LogP contribution in [-0.2, 0) is 6.54 Å². The van der Waals surface area contributed by atoms with Crippen molar-refractivity contribution in [3.05, 3.63) is 34.9 Å². The number of thioether (sulfide) groups is 1. The van der Waals surface area contributed by atoms with E-state index >= 15 is 0 Å². The molecule has 2 rings (SSSR count). The SMILES string of the molecule is CC(C)C1CN=C(NCc2ccc(Cl)cc2)S1. The maximum absolute atomic E-state index is 5.84. The second kappa shape index (κ2) is 5.78. The fraction of sp³-hybridized carbons (Fsp3) is 0.462. The van der Waals surface area contributed by atoms with Gasteiger partial charge in [0.05, 0.1) is 6.54 Å². The van der Waals surface area contributed by atoms with Crippen molar-refractivity contribution < 1.29 is 0 Å². The van der Waals surface area contributed by atoms with Gasteiger partial charge in [-0.2, -0.15) is 0 Å². The summed E-state index contributed by atoms with van der Waals surface area (Å²) in [5.74, 6) is 0.679. The van der Waals surface area contributed by atoms with Gasteiger partial charge in [-0.3, -0.25) is 4.99 Å². The summed E-state index contributed by atoms with van der Waals surface area (Å²) in [4.78, 5) is 4.51. The molecule has 1 heterocycles. The van der Waals surface area contributed by atoms with Gasteiger partial charge >= 0.3 is 0 Å². The van der Waals surface area contributed by atoms with E-state index in [1.807, 2.05) is 36.0 Å². The molecule has 0 bridgehead atoms. The maximum atomic E-state index is 5.84. The lowest BCUT2D eigenvalue weighted by atomic mass is 10.1. The van der Waals surface area contributed by atoms with Crippen LogP contribution in [0.25, 0.3) is 0 Å². The molecule has 1 atom stereocenters. The molecule has 1 aromatic rings. The Morgan fingerprint density at radius 2 is 2.12 bits per heavy atom. The van der Waals surface area contributed by atoms with E-state index in [1.165, 1.54) is 5.56 Å². The van der Waals surface area contributed by atoms with Gasteiger partial charge in [0, 0.05) is 16.8 Å². The van der Waals surface area contributed by atoms with Crippen LogP contribution in [-0.4, -0.2) is 17.0 Å². The number of halogens is 1. The lowest BCUT2D eigenvalue weighted by Gasteiger charge is -2.12. The van der Waals surface area contributed by atoms with Gasteiger partial charge in [0.1, 0.15) is 0 Å². The van der Waals surface area contributed by atoms with Gasteiger partial charge in [0.2, 0.25) is 0 Å². The van der Waals surface area contributed by atoms with Crippen LogP contribution in [0, 0.1) is 5.92 Å². The van der Waals surface area contributed by atoms with E-state index in [4.69, 9.17) is 11.6 Å². The molecule has 17 heavy (non-hydrogen) atoms.